The van der Waals surface area contributed by atoms with Crippen LogP contribution in [0.3, 0.4) is 0 Å². The molecule has 1 heterocycles. The van der Waals surface area contributed by atoms with Crippen molar-refractivity contribution in [3.8, 4) is 0 Å². The van der Waals surface area contributed by atoms with E-state index in [9.17, 15) is 9.18 Å². The summed E-state index contributed by atoms with van der Waals surface area (Å²) in [6.07, 6.45) is 1.85. The molecule has 120 valence electrons. The molecule has 0 unspecified atom stereocenters. The Hall–Kier alpha value is -2.72. The maximum absolute atomic E-state index is 13.1. The quantitative estimate of drug-likeness (QED) is 0.707. The van der Waals surface area contributed by atoms with Crippen LogP contribution in [0.15, 0.2) is 77.9 Å². The van der Waals surface area contributed by atoms with Crippen LogP contribution in [0.25, 0.3) is 0 Å². The lowest BCUT2D eigenvalue weighted by Gasteiger charge is -2.07. The fourth-order valence-electron chi connectivity index (χ4n) is 2.31. The van der Waals surface area contributed by atoms with Gasteiger partial charge in [0.1, 0.15) is 11.3 Å². The highest BCUT2D eigenvalue weighted by atomic mass is 35.5. The summed E-state index contributed by atoms with van der Waals surface area (Å²) in [6, 6.07) is 18.9. The number of aromatic nitrogens is 1. The molecular weight excluding hydrogens is 327 g/mol. The van der Waals surface area contributed by atoms with Crippen molar-refractivity contribution in [2.24, 2.45) is 4.99 Å². The number of carbonyl (C=O) groups excluding carboxylic acids is 1. The molecule has 0 aliphatic heterocycles. The van der Waals surface area contributed by atoms with Gasteiger partial charge in [0.25, 0.3) is 5.91 Å². The second-order valence-corrected chi connectivity index (χ2v) is 5.62. The lowest BCUT2D eigenvalue weighted by molar-refractivity contribution is 0.0997. The first-order valence-corrected chi connectivity index (χ1v) is 7.75. The van der Waals surface area contributed by atoms with Gasteiger partial charge in [-0.25, -0.2) is 4.39 Å². The maximum Gasteiger partial charge on any atom is 0.280 e. The summed E-state index contributed by atoms with van der Waals surface area (Å²) in [4.78, 5) is 16.5. The van der Waals surface area contributed by atoms with E-state index in [2.05, 4.69) is 4.99 Å². The average molecular weight is 341 g/mol. The van der Waals surface area contributed by atoms with Gasteiger partial charge in [0, 0.05) is 12.7 Å². The van der Waals surface area contributed by atoms with Crippen molar-refractivity contribution in [2.45, 2.75) is 6.54 Å². The number of hydrogen-bond donors (Lipinski definition) is 0. The highest BCUT2D eigenvalue weighted by Crippen LogP contribution is 2.17. The van der Waals surface area contributed by atoms with Crippen molar-refractivity contribution in [3.63, 3.8) is 0 Å². The average Bonchev–Trinajstić information content (AvgIpc) is 2.57. The predicted molar refractivity (Wildman–Crippen MR) is 91.3 cm³/mol. The van der Waals surface area contributed by atoms with Crippen molar-refractivity contribution >= 4 is 17.5 Å². The van der Waals surface area contributed by atoms with E-state index in [1.165, 1.54) is 12.1 Å². The predicted octanol–water partition coefficient (Wildman–Crippen LogP) is 4.07. The van der Waals surface area contributed by atoms with Gasteiger partial charge in [-0.05, 0) is 35.9 Å². The molecule has 0 saturated heterocycles. The molecule has 0 fully saturated rings. The third kappa shape index (κ3) is 3.78. The van der Waals surface area contributed by atoms with Crippen molar-refractivity contribution < 1.29 is 9.18 Å². The molecule has 5 heteroatoms. The molecule has 0 atom stereocenters. The molecule has 24 heavy (non-hydrogen) atoms. The van der Waals surface area contributed by atoms with Crippen LogP contribution >= 0.6 is 11.6 Å². The molecular formula is C19H14ClFN2O. The fourth-order valence-corrected chi connectivity index (χ4v) is 2.56. The van der Waals surface area contributed by atoms with Gasteiger partial charge < -0.3 is 4.57 Å². The first-order valence-electron chi connectivity index (χ1n) is 7.37. The lowest BCUT2D eigenvalue weighted by atomic mass is 10.2. The molecule has 0 N–H and O–H groups in total. The van der Waals surface area contributed by atoms with Crippen LogP contribution in [0.1, 0.15) is 15.9 Å². The standard InChI is InChI=1S/C19H14ClFN2O/c20-17-12-15(21)9-10-16(17)19(24)22-18-8-4-5-11-23(18)13-14-6-2-1-3-7-14/h1-12H,13H2. The molecule has 2 aromatic carbocycles. The highest BCUT2D eigenvalue weighted by molar-refractivity contribution is 6.33. The third-order valence-electron chi connectivity index (χ3n) is 3.49. The summed E-state index contributed by atoms with van der Waals surface area (Å²) >= 11 is 5.93. The van der Waals surface area contributed by atoms with Gasteiger partial charge in [-0.15, -0.1) is 0 Å². The molecule has 0 saturated carbocycles. The summed E-state index contributed by atoms with van der Waals surface area (Å²) in [5.74, 6) is -0.997. The van der Waals surface area contributed by atoms with E-state index >= 15 is 0 Å². The number of hydrogen-bond acceptors (Lipinski definition) is 1. The Morgan fingerprint density at radius 2 is 1.79 bits per heavy atom. The van der Waals surface area contributed by atoms with Crippen molar-refractivity contribution in [2.75, 3.05) is 0 Å². The van der Waals surface area contributed by atoms with Gasteiger partial charge in [-0.1, -0.05) is 48.0 Å². The van der Waals surface area contributed by atoms with E-state index in [-0.39, 0.29) is 10.6 Å². The minimum atomic E-state index is -0.506. The Morgan fingerprint density at radius 1 is 1.04 bits per heavy atom. The zero-order valence-electron chi connectivity index (χ0n) is 12.7. The Morgan fingerprint density at radius 3 is 2.54 bits per heavy atom. The van der Waals surface area contributed by atoms with Crippen molar-refractivity contribution in [1.29, 1.82) is 0 Å². The maximum atomic E-state index is 13.1. The van der Waals surface area contributed by atoms with Gasteiger partial charge in [0.15, 0.2) is 0 Å². The van der Waals surface area contributed by atoms with E-state index in [4.69, 9.17) is 11.6 Å². The number of halogens is 2. The van der Waals surface area contributed by atoms with Crippen LogP contribution in [-0.2, 0) is 6.54 Å². The Balaban J connectivity index is 1.97. The smallest absolute Gasteiger partial charge is 0.280 e. The van der Waals surface area contributed by atoms with Crippen LogP contribution in [0, 0.1) is 5.82 Å². The summed E-state index contributed by atoms with van der Waals surface area (Å²) in [6.45, 7) is 0.588. The number of rotatable bonds is 3. The van der Waals surface area contributed by atoms with E-state index < -0.39 is 11.7 Å². The molecule has 1 aromatic heterocycles. The van der Waals surface area contributed by atoms with Gasteiger partial charge in [-0.3, -0.25) is 4.79 Å². The summed E-state index contributed by atoms with van der Waals surface area (Å²) in [5.41, 5.74) is 1.78. The number of amides is 1. The van der Waals surface area contributed by atoms with E-state index in [0.717, 1.165) is 11.6 Å². The highest BCUT2D eigenvalue weighted by Gasteiger charge is 2.10. The van der Waals surface area contributed by atoms with Crippen LogP contribution < -0.4 is 5.49 Å². The zero-order valence-corrected chi connectivity index (χ0v) is 13.4. The molecule has 0 radical (unpaired) electrons. The fraction of sp³-hybridized carbons (Fsp3) is 0.0526. The first-order chi connectivity index (χ1) is 11.6. The summed E-state index contributed by atoms with van der Waals surface area (Å²) in [7, 11) is 0. The first kappa shape index (κ1) is 16.1. The minimum absolute atomic E-state index is 0.0503. The summed E-state index contributed by atoms with van der Waals surface area (Å²) < 4.78 is 15.0. The van der Waals surface area contributed by atoms with Gasteiger partial charge in [0.05, 0.1) is 10.6 Å². The van der Waals surface area contributed by atoms with Gasteiger partial charge in [-0.2, -0.15) is 4.99 Å². The second kappa shape index (κ2) is 7.23. The monoisotopic (exact) mass is 340 g/mol. The lowest BCUT2D eigenvalue weighted by Crippen LogP contribution is -2.22. The molecule has 0 aliphatic rings. The van der Waals surface area contributed by atoms with Gasteiger partial charge >= 0.3 is 0 Å². The number of pyridine rings is 1. The molecule has 0 aliphatic carbocycles. The third-order valence-corrected chi connectivity index (χ3v) is 3.80. The molecule has 3 rings (SSSR count). The molecule has 0 bridgehead atoms. The minimum Gasteiger partial charge on any atom is -0.328 e. The van der Waals surface area contributed by atoms with Crippen LogP contribution in [0.2, 0.25) is 5.02 Å². The van der Waals surface area contributed by atoms with Crippen LogP contribution in [0.4, 0.5) is 4.39 Å². The Bertz CT molecular complexity index is 935. The largest absolute Gasteiger partial charge is 0.328 e. The molecule has 3 aromatic rings. The molecule has 0 spiro atoms. The van der Waals surface area contributed by atoms with E-state index in [1.54, 1.807) is 12.1 Å². The molecule has 3 nitrogen and oxygen atoms in total. The van der Waals surface area contributed by atoms with Crippen molar-refractivity contribution in [1.82, 2.24) is 4.57 Å². The molecule has 1 amide bonds. The normalized spacial score (nSPS) is 11.5. The number of nitrogens with zero attached hydrogens (tertiary/aromatic N) is 2. The van der Waals surface area contributed by atoms with Crippen molar-refractivity contribution in [3.05, 3.63) is 100 Å². The van der Waals surface area contributed by atoms with Crippen LogP contribution in [0.5, 0.6) is 0 Å². The summed E-state index contributed by atoms with van der Waals surface area (Å²) in [5, 5.41) is 0.0503. The topological polar surface area (TPSA) is 34.4 Å². The SMILES string of the molecule is O=C(N=c1ccccn1Cc1ccccc1)c1ccc(F)cc1Cl. The second-order valence-electron chi connectivity index (χ2n) is 5.21. The number of carbonyl (C=O) groups is 1. The van der Waals surface area contributed by atoms with E-state index in [1.807, 2.05) is 47.2 Å². The van der Waals surface area contributed by atoms with Crippen LogP contribution in [-0.4, -0.2) is 10.5 Å². The number of benzene rings is 2. The van der Waals surface area contributed by atoms with Gasteiger partial charge in [0.2, 0.25) is 0 Å². The Kier molecular flexibility index (Phi) is 4.87. The van der Waals surface area contributed by atoms with E-state index in [0.29, 0.717) is 12.0 Å². The zero-order chi connectivity index (χ0) is 16.9. The Labute approximate surface area is 143 Å².